The Bertz CT molecular complexity index is 1720. The lowest BCUT2D eigenvalue weighted by Crippen LogP contribution is -2.44. The molecule has 232 valence electrons. The normalized spacial score (nSPS) is 13.7. The first kappa shape index (κ1) is 31.3. The Hall–Kier alpha value is -5.17. The van der Waals surface area contributed by atoms with E-state index in [2.05, 4.69) is 26.7 Å². The van der Waals surface area contributed by atoms with E-state index in [1.807, 2.05) is 63.2 Å². The maximum absolute atomic E-state index is 12.8. The molecule has 3 heterocycles. The molecule has 1 fully saturated rings. The first-order valence-corrected chi connectivity index (χ1v) is 15.2. The number of aromatic amines is 1. The second-order valence-corrected chi connectivity index (χ2v) is 12.3. The van der Waals surface area contributed by atoms with Crippen molar-refractivity contribution in [3.05, 3.63) is 89.4 Å². The lowest BCUT2D eigenvalue weighted by molar-refractivity contribution is -0.126. The molecule has 4 aromatic rings. The standard InChI is InChI=1S/C35H38N6O4/c1-35(2,3)45-34(44)41-16-12-26(13-17-41)33(43)40-22-29-19-27(11-15-37-29)24-5-7-25(8-6-24)32(42)38-14-10-23-4-9-31-30(18-23)28(20-36)21-39-31/h4-9,11,15,18-19,21,26,39H,10,12-14,16-17,22H2,1-3H3,(H,38,42)(H,40,43). The summed E-state index contributed by atoms with van der Waals surface area (Å²) in [6.07, 6.45) is 4.90. The van der Waals surface area contributed by atoms with Crippen molar-refractivity contribution < 1.29 is 19.1 Å². The summed E-state index contributed by atoms with van der Waals surface area (Å²) in [5, 5.41) is 16.1. The number of rotatable bonds is 8. The quantitative estimate of drug-likeness (QED) is 0.247. The number of hydrogen-bond acceptors (Lipinski definition) is 6. The van der Waals surface area contributed by atoms with Crippen LogP contribution in [0.3, 0.4) is 0 Å². The van der Waals surface area contributed by atoms with E-state index in [9.17, 15) is 19.6 Å². The van der Waals surface area contributed by atoms with E-state index in [0.29, 0.717) is 56.6 Å². The largest absolute Gasteiger partial charge is 0.444 e. The molecule has 0 unspecified atom stereocenters. The molecule has 2 aromatic carbocycles. The van der Waals surface area contributed by atoms with Gasteiger partial charge in [-0.2, -0.15) is 5.26 Å². The van der Waals surface area contributed by atoms with Gasteiger partial charge in [-0.3, -0.25) is 14.6 Å². The smallest absolute Gasteiger partial charge is 0.410 e. The van der Waals surface area contributed by atoms with E-state index in [1.165, 1.54) is 0 Å². The second kappa shape index (κ2) is 13.6. The Morgan fingerprint density at radius 2 is 1.78 bits per heavy atom. The zero-order valence-corrected chi connectivity index (χ0v) is 25.9. The van der Waals surface area contributed by atoms with Crippen LogP contribution in [0.25, 0.3) is 22.0 Å². The summed E-state index contributed by atoms with van der Waals surface area (Å²) in [6.45, 7) is 7.27. The third-order valence-corrected chi connectivity index (χ3v) is 7.82. The summed E-state index contributed by atoms with van der Waals surface area (Å²) in [7, 11) is 0. The molecule has 45 heavy (non-hydrogen) atoms. The van der Waals surface area contributed by atoms with Gasteiger partial charge in [0.2, 0.25) is 5.91 Å². The number of benzene rings is 2. The van der Waals surface area contributed by atoms with Crippen LogP contribution in [0.15, 0.2) is 67.0 Å². The Kier molecular flexibility index (Phi) is 9.48. The minimum atomic E-state index is -0.546. The average Bonchev–Trinajstić information content (AvgIpc) is 3.45. The maximum Gasteiger partial charge on any atom is 0.410 e. The minimum Gasteiger partial charge on any atom is -0.444 e. The molecule has 10 nitrogen and oxygen atoms in total. The van der Waals surface area contributed by atoms with Gasteiger partial charge in [-0.15, -0.1) is 0 Å². The number of carbonyl (C=O) groups excluding carboxylic acids is 3. The Labute approximate surface area is 262 Å². The number of nitrogens with zero attached hydrogens (tertiary/aromatic N) is 3. The van der Waals surface area contributed by atoms with Gasteiger partial charge in [-0.1, -0.05) is 18.2 Å². The topological polar surface area (TPSA) is 140 Å². The SMILES string of the molecule is CC(C)(C)OC(=O)N1CCC(C(=O)NCc2cc(-c3ccc(C(=O)NCCc4ccc5[nH]cc(C#N)c5c4)cc3)ccn2)CC1. The first-order chi connectivity index (χ1) is 21.6. The number of amides is 3. The molecule has 0 saturated carbocycles. The molecule has 1 aliphatic rings. The summed E-state index contributed by atoms with van der Waals surface area (Å²) in [6, 6.07) is 19.3. The number of pyridine rings is 1. The number of nitriles is 1. The number of hydrogen-bond donors (Lipinski definition) is 3. The Balaban J connectivity index is 1.09. The van der Waals surface area contributed by atoms with Crippen molar-refractivity contribution in [2.24, 2.45) is 5.92 Å². The van der Waals surface area contributed by atoms with Crippen LogP contribution in [0, 0.1) is 17.2 Å². The highest BCUT2D eigenvalue weighted by Gasteiger charge is 2.29. The molecule has 1 aliphatic heterocycles. The Morgan fingerprint density at radius 3 is 2.49 bits per heavy atom. The highest BCUT2D eigenvalue weighted by atomic mass is 16.6. The molecule has 3 amide bonds. The summed E-state index contributed by atoms with van der Waals surface area (Å²) < 4.78 is 5.44. The van der Waals surface area contributed by atoms with Crippen LogP contribution in [0.1, 0.15) is 60.8 Å². The zero-order chi connectivity index (χ0) is 32.0. The van der Waals surface area contributed by atoms with Crippen molar-refractivity contribution in [2.45, 2.75) is 52.2 Å². The van der Waals surface area contributed by atoms with Crippen molar-refractivity contribution in [3.63, 3.8) is 0 Å². The van der Waals surface area contributed by atoms with Crippen molar-refractivity contribution >= 4 is 28.8 Å². The van der Waals surface area contributed by atoms with Crippen LogP contribution in [0.4, 0.5) is 4.79 Å². The maximum atomic E-state index is 12.8. The first-order valence-electron chi connectivity index (χ1n) is 15.2. The van der Waals surface area contributed by atoms with Crippen LogP contribution in [-0.2, 0) is 22.5 Å². The number of piperidine rings is 1. The van der Waals surface area contributed by atoms with Gasteiger partial charge in [0.15, 0.2) is 0 Å². The fourth-order valence-corrected chi connectivity index (χ4v) is 5.38. The third kappa shape index (κ3) is 8.06. The molecule has 0 bridgehead atoms. The van der Waals surface area contributed by atoms with E-state index in [1.54, 1.807) is 29.4 Å². The number of ether oxygens (including phenoxy) is 1. The number of aromatic nitrogens is 2. The van der Waals surface area contributed by atoms with E-state index in [4.69, 9.17) is 4.74 Å². The highest BCUT2D eigenvalue weighted by Crippen LogP contribution is 2.23. The average molecular weight is 607 g/mol. The van der Waals surface area contributed by atoms with E-state index in [0.717, 1.165) is 33.3 Å². The molecular formula is C35H38N6O4. The van der Waals surface area contributed by atoms with Crippen LogP contribution >= 0.6 is 0 Å². The number of nitrogens with one attached hydrogen (secondary N) is 3. The van der Waals surface area contributed by atoms with Gasteiger partial charge in [0.25, 0.3) is 5.91 Å². The molecule has 10 heteroatoms. The molecule has 1 saturated heterocycles. The molecule has 0 aliphatic carbocycles. The number of fused-ring (bicyclic) bond motifs is 1. The summed E-state index contributed by atoms with van der Waals surface area (Å²) >= 11 is 0. The molecule has 0 spiro atoms. The van der Waals surface area contributed by atoms with Crippen molar-refractivity contribution in [3.8, 4) is 17.2 Å². The van der Waals surface area contributed by atoms with Gasteiger partial charge < -0.3 is 25.3 Å². The van der Waals surface area contributed by atoms with Crippen molar-refractivity contribution in [2.75, 3.05) is 19.6 Å². The van der Waals surface area contributed by atoms with Crippen LogP contribution < -0.4 is 10.6 Å². The van der Waals surface area contributed by atoms with Crippen LogP contribution in [-0.4, -0.2) is 58.0 Å². The van der Waals surface area contributed by atoms with E-state index in [-0.39, 0.29) is 23.8 Å². The van der Waals surface area contributed by atoms with Gasteiger partial charge in [-0.05, 0) is 93.1 Å². The molecular weight excluding hydrogens is 568 g/mol. The predicted octanol–water partition coefficient (Wildman–Crippen LogP) is 5.34. The van der Waals surface area contributed by atoms with Crippen molar-refractivity contribution in [1.29, 1.82) is 5.26 Å². The van der Waals surface area contributed by atoms with Crippen molar-refractivity contribution in [1.82, 2.24) is 25.5 Å². The summed E-state index contributed by atoms with van der Waals surface area (Å²) in [5.74, 6) is -0.361. The monoisotopic (exact) mass is 606 g/mol. The number of H-pyrrole nitrogens is 1. The van der Waals surface area contributed by atoms with Gasteiger partial charge in [0, 0.05) is 54.4 Å². The molecule has 0 radical (unpaired) electrons. The summed E-state index contributed by atoms with van der Waals surface area (Å²) in [5.41, 5.74) is 5.18. The number of likely N-dealkylation sites (tertiary alicyclic amines) is 1. The lowest BCUT2D eigenvalue weighted by atomic mass is 9.96. The van der Waals surface area contributed by atoms with Gasteiger partial charge in [0.1, 0.15) is 11.7 Å². The number of carbonyl (C=O) groups is 3. The Morgan fingerprint density at radius 1 is 1.02 bits per heavy atom. The van der Waals surface area contributed by atoms with Crippen LogP contribution in [0.5, 0.6) is 0 Å². The fourth-order valence-electron chi connectivity index (χ4n) is 5.38. The van der Waals surface area contributed by atoms with E-state index >= 15 is 0 Å². The molecule has 3 N–H and O–H groups in total. The highest BCUT2D eigenvalue weighted by molar-refractivity contribution is 5.94. The molecule has 5 rings (SSSR count). The zero-order valence-electron chi connectivity index (χ0n) is 25.9. The molecule has 2 aromatic heterocycles. The summed E-state index contributed by atoms with van der Waals surface area (Å²) in [4.78, 5) is 47.1. The van der Waals surface area contributed by atoms with E-state index < -0.39 is 5.60 Å². The third-order valence-electron chi connectivity index (χ3n) is 7.82. The van der Waals surface area contributed by atoms with Gasteiger partial charge >= 0.3 is 6.09 Å². The lowest BCUT2D eigenvalue weighted by Gasteiger charge is -2.32. The van der Waals surface area contributed by atoms with Gasteiger partial charge in [-0.25, -0.2) is 4.79 Å². The van der Waals surface area contributed by atoms with Crippen LogP contribution in [0.2, 0.25) is 0 Å². The molecule has 0 atom stereocenters. The fraction of sp³-hybridized carbons (Fsp3) is 0.343. The minimum absolute atomic E-state index is 0.0432. The van der Waals surface area contributed by atoms with Gasteiger partial charge in [0.05, 0.1) is 17.8 Å². The second-order valence-electron chi connectivity index (χ2n) is 12.3. The predicted molar refractivity (Wildman–Crippen MR) is 171 cm³/mol.